The molecule has 14 nitrogen and oxygen atoms in total. The molecule has 0 unspecified atom stereocenters. The number of ether oxygens (including phenoxy) is 1. The van der Waals surface area contributed by atoms with Crippen molar-refractivity contribution in [2.75, 3.05) is 46.4 Å². The average Bonchev–Trinajstić information content (AvgIpc) is 2.80. The largest absolute Gasteiger partial charge is 0.478 e. The van der Waals surface area contributed by atoms with Crippen LogP contribution in [0.25, 0.3) is 0 Å². The van der Waals surface area contributed by atoms with Crippen molar-refractivity contribution in [2.45, 2.75) is 50.2 Å². The monoisotopic (exact) mass is 500 g/mol. The molecule has 0 aromatic rings. The Balaban J connectivity index is 2.25. The smallest absolute Gasteiger partial charge is 0.370 e. The zero-order valence-electron chi connectivity index (χ0n) is 20.0. The second-order valence-corrected chi connectivity index (χ2v) is 8.74. The van der Waals surface area contributed by atoms with Crippen molar-refractivity contribution in [1.82, 2.24) is 20.0 Å². The lowest BCUT2D eigenvalue weighted by Gasteiger charge is -2.44. The third-order valence-corrected chi connectivity index (χ3v) is 6.12. The molecule has 2 aliphatic heterocycles. The molecule has 1 saturated heterocycles. The molecule has 0 spiro atoms. The Kier molecular flexibility index (Phi) is 10.2. The summed E-state index contributed by atoms with van der Waals surface area (Å²) in [6.45, 7) is 3.23. The molecular weight excluding hydrogens is 464 g/mol. The van der Waals surface area contributed by atoms with Gasteiger partial charge in [-0.3, -0.25) is 15.0 Å². The van der Waals surface area contributed by atoms with Crippen LogP contribution in [0.3, 0.4) is 0 Å². The van der Waals surface area contributed by atoms with E-state index in [4.69, 9.17) is 15.9 Å². The van der Waals surface area contributed by atoms with Crippen molar-refractivity contribution in [3.8, 4) is 0 Å². The standard InChI is InChI=1S/C21H36N6O8/c1-12(29)24-17-13(10-15(20(33)34)35-19(17)18(32)14(30)11-28)27(21(22)23)5-3-4-16(31)26-8-6-25(2)7-9-26/h10,13-14,17-19,28,30,32H,3-9,11H2,1-2H3,(H3,22,23)(H,24,29)(H,33,34)/t13-,14+,17+,18+,19+/m0/s1. The first-order valence-corrected chi connectivity index (χ1v) is 11.4. The number of carboxylic acid groups (broad SMARTS) is 1. The molecule has 5 atom stereocenters. The number of likely N-dealkylation sites (N-methyl/N-ethyl adjacent to an activating group) is 1. The zero-order chi connectivity index (χ0) is 26.3. The number of hydrogen-bond donors (Lipinski definition) is 7. The maximum Gasteiger partial charge on any atom is 0.370 e. The second kappa shape index (κ2) is 12.7. The minimum absolute atomic E-state index is 0.0480. The van der Waals surface area contributed by atoms with Crippen molar-refractivity contribution < 1.29 is 39.5 Å². The van der Waals surface area contributed by atoms with Gasteiger partial charge in [0.15, 0.2) is 5.96 Å². The number of aliphatic hydroxyl groups is 3. The van der Waals surface area contributed by atoms with E-state index >= 15 is 0 Å². The zero-order valence-corrected chi connectivity index (χ0v) is 20.0. The van der Waals surface area contributed by atoms with Gasteiger partial charge in [0.05, 0.1) is 18.7 Å². The number of nitrogens with zero attached hydrogens (tertiary/aromatic N) is 3. The summed E-state index contributed by atoms with van der Waals surface area (Å²) in [5, 5.41) is 49.8. The predicted octanol–water partition coefficient (Wildman–Crippen LogP) is -3.31. The summed E-state index contributed by atoms with van der Waals surface area (Å²) in [5.41, 5.74) is 5.79. The van der Waals surface area contributed by atoms with E-state index in [0.29, 0.717) is 13.1 Å². The number of guanidine groups is 1. The molecule has 0 aromatic carbocycles. The lowest BCUT2D eigenvalue weighted by Crippen LogP contribution is -2.65. The van der Waals surface area contributed by atoms with Crippen molar-refractivity contribution in [3.63, 3.8) is 0 Å². The third-order valence-electron chi connectivity index (χ3n) is 6.12. The summed E-state index contributed by atoms with van der Waals surface area (Å²) in [5.74, 6) is -3.09. The van der Waals surface area contributed by atoms with E-state index in [1.165, 1.54) is 11.8 Å². The molecule has 35 heavy (non-hydrogen) atoms. The SMILES string of the molecule is CC(=O)N[C@H]1[C@H]([C@H](O)[C@H](O)CO)OC(C(=O)O)=C[C@@H]1N(CCCC(=O)N1CCN(C)CC1)C(=N)N. The van der Waals surface area contributed by atoms with Crippen LogP contribution in [0, 0.1) is 5.41 Å². The van der Waals surface area contributed by atoms with Crippen LogP contribution in [0.2, 0.25) is 0 Å². The Morgan fingerprint density at radius 3 is 2.43 bits per heavy atom. The summed E-state index contributed by atoms with van der Waals surface area (Å²) in [4.78, 5) is 41.4. The lowest BCUT2D eigenvalue weighted by atomic mass is 9.91. The van der Waals surface area contributed by atoms with Gasteiger partial charge in [-0.25, -0.2) is 4.79 Å². The van der Waals surface area contributed by atoms with Crippen LogP contribution >= 0.6 is 0 Å². The molecular formula is C21H36N6O8. The van der Waals surface area contributed by atoms with Gasteiger partial charge in [-0.1, -0.05) is 0 Å². The summed E-state index contributed by atoms with van der Waals surface area (Å²) in [6, 6.07) is -2.19. The Morgan fingerprint density at radius 2 is 1.91 bits per heavy atom. The van der Waals surface area contributed by atoms with E-state index in [9.17, 15) is 34.8 Å². The molecule has 2 amide bonds. The Morgan fingerprint density at radius 1 is 1.29 bits per heavy atom. The van der Waals surface area contributed by atoms with Crippen LogP contribution in [-0.4, -0.2) is 136 Å². The highest BCUT2D eigenvalue weighted by molar-refractivity contribution is 5.85. The maximum absolute atomic E-state index is 12.6. The van der Waals surface area contributed by atoms with E-state index in [1.54, 1.807) is 4.90 Å². The van der Waals surface area contributed by atoms with E-state index in [1.807, 2.05) is 7.05 Å². The second-order valence-electron chi connectivity index (χ2n) is 8.74. The number of nitrogens with one attached hydrogen (secondary N) is 2. The van der Waals surface area contributed by atoms with Gasteiger partial charge in [-0.15, -0.1) is 0 Å². The minimum atomic E-state index is -1.77. The van der Waals surface area contributed by atoms with Gasteiger partial charge in [-0.2, -0.15) is 0 Å². The van der Waals surface area contributed by atoms with Gasteiger partial charge in [-0.05, 0) is 19.5 Å². The quantitative estimate of drug-likeness (QED) is 0.116. The summed E-state index contributed by atoms with van der Waals surface area (Å²) >= 11 is 0. The van der Waals surface area contributed by atoms with E-state index in [-0.39, 0.29) is 25.3 Å². The van der Waals surface area contributed by atoms with E-state index < -0.39 is 60.6 Å². The van der Waals surface area contributed by atoms with Crippen LogP contribution in [-0.2, 0) is 19.1 Å². The van der Waals surface area contributed by atoms with Gasteiger partial charge >= 0.3 is 5.97 Å². The van der Waals surface area contributed by atoms with Crippen molar-refractivity contribution in [2.24, 2.45) is 5.73 Å². The first-order chi connectivity index (χ1) is 16.5. The molecule has 2 rings (SSSR count). The number of carbonyl (C=O) groups excluding carboxylic acids is 2. The predicted molar refractivity (Wildman–Crippen MR) is 123 cm³/mol. The highest BCUT2D eigenvalue weighted by atomic mass is 16.5. The molecule has 0 radical (unpaired) electrons. The number of amides is 2. The lowest BCUT2D eigenvalue weighted by molar-refractivity contribution is -0.147. The van der Waals surface area contributed by atoms with Crippen molar-refractivity contribution in [1.29, 1.82) is 5.41 Å². The first-order valence-electron chi connectivity index (χ1n) is 11.4. The topological polar surface area (TPSA) is 213 Å². The molecule has 8 N–H and O–H groups in total. The van der Waals surface area contributed by atoms with Crippen LogP contribution in [0.5, 0.6) is 0 Å². The highest BCUT2D eigenvalue weighted by Crippen LogP contribution is 2.26. The highest BCUT2D eigenvalue weighted by Gasteiger charge is 2.45. The normalized spacial score (nSPS) is 24.5. The Hall–Kier alpha value is -2.94. The van der Waals surface area contributed by atoms with Crippen molar-refractivity contribution >= 4 is 23.7 Å². The number of aliphatic hydroxyl groups excluding tert-OH is 3. The number of aliphatic carboxylic acids is 1. The van der Waals surface area contributed by atoms with Crippen LogP contribution in [0.4, 0.5) is 0 Å². The molecule has 0 bridgehead atoms. The summed E-state index contributed by atoms with van der Waals surface area (Å²) in [6.07, 6.45) is -3.31. The number of carbonyl (C=O) groups is 3. The Bertz CT molecular complexity index is 816. The third kappa shape index (κ3) is 7.52. The molecule has 198 valence electrons. The van der Waals surface area contributed by atoms with Gasteiger partial charge < -0.3 is 50.9 Å². The van der Waals surface area contributed by atoms with Crippen molar-refractivity contribution in [3.05, 3.63) is 11.8 Å². The average molecular weight is 501 g/mol. The molecule has 2 aliphatic rings. The van der Waals surface area contributed by atoms with Gasteiger partial charge in [0, 0.05) is 46.1 Å². The van der Waals surface area contributed by atoms with E-state index in [2.05, 4.69) is 10.2 Å². The van der Waals surface area contributed by atoms with E-state index in [0.717, 1.165) is 19.2 Å². The molecule has 0 saturated carbocycles. The summed E-state index contributed by atoms with van der Waals surface area (Å²) < 4.78 is 5.36. The number of hydrogen-bond acceptors (Lipinski definition) is 9. The Labute approximate surface area is 203 Å². The summed E-state index contributed by atoms with van der Waals surface area (Å²) in [7, 11) is 1.98. The fraction of sp³-hybridized carbons (Fsp3) is 0.714. The number of rotatable bonds is 10. The number of piperazine rings is 1. The first kappa shape index (κ1) is 28.3. The molecule has 0 aromatic heterocycles. The molecule has 1 fully saturated rings. The van der Waals surface area contributed by atoms with Gasteiger partial charge in [0.1, 0.15) is 18.3 Å². The molecule has 2 heterocycles. The van der Waals surface area contributed by atoms with Crippen LogP contribution < -0.4 is 11.1 Å². The van der Waals surface area contributed by atoms with Gasteiger partial charge in [0.2, 0.25) is 17.6 Å². The number of nitrogens with two attached hydrogens (primary N) is 1. The number of carboxylic acids is 1. The molecule has 0 aliphatic carbocycles. The maximum atomic E-state index is 12.6. The van der Waals surface area contributed by atoms with Crippen LogP contribution in [0.1, 0.15) is 19.8 Å². The fourth-order valence-corrected chi connectivity index (χ4v) is 4.17. The minimum Gasteiger partial charge on any atom is -0.478 e. The van der Waals surface area contributed by atoms with Gasteiger partial charge in [0.25, 0.3) is 0 Å². The molecule has 14 heteroatoms. The fourth-order valence-electron chi connectivity index (χ4n) is 4.17. The van der Waals surface area contributed by atoms with Crippen LogP contribution in [0.15, 0.2) is 11.8 Å².